The summed E-state index contributed by atoms with van der Waals surface area (Å²) >= 11 is 0. The molecule has 3 unspecified atom stereocenters. The van der Waals surface area contributed by atoms with Crippen LogP contribution in [0.1, 0.15) is 38.2 Å². The molecule has 4 saturated heterocycles. The van der Waals surface area contributed by atoms with Gasteiger partial charge in [0.2, 0.25) is 5.91 Å². The van der Waals surface area contributed by atoms with Crippen LogP contribution < -0.4 is 10.5 Å². The lowest BCUT2D eigenvalue weighted by atomic mass is 9.75. The quantitative estimate of drug-likeness (QED) is 0.909. The van der Waals surface area contributed by atoms with Crippen molar-refractivity contribution in [1.29, 1.82) is 0 Å². The SMILES string of the molecule is COc1ccc(C2CN(C(=O)C(C)(C)N)C3C4CCN(CC4)C23)cc1. The van der Waals surface area contributed by atoms with Crippen molar-refractivity contribution in [2.45, 2.75) is 50.2 Å². The first-order chi connectivity index (χ1) is 11.9. The van der Waals surface area contributed by atoms with E-state index in [2.05, 4.69) is 21.9 Å². The van der Waals surface area contributed by atoms with Crippen LogP contribution in [0.15, 0.2) is 24.3 Å². The molecule has 5 rings (SSSR count). The first kappa shape index (κ1) is 16.9. The van der Waals surface area contributed by atoms with Gasteiger partial charge in [0.15, 0.2) is 0 Å². The van der Waals surface area contributed by atoms with Gasteiger partial charge in [0.1, 0.15) is 5.75 Å². The van der Waals surface area contributed by atoms with Crippen LogP contribution in [0.4, 0.5) is 0 Å². The van der Waals surface area contributed by atoms with Crippen molar-refractivity contribution in [3.8, 4) is 5.75 Å². The zero-order chi connectivity index (χ0) is 17.8. The molecule has 2 bridgehead atoms. The molecule has 0 spiro atoms. The molecule has 4 aliphatic rings. The fourth-order valence-electron chi connectivity index (χ4n) is 5.17. The number of benzene rings is 1. The van der Waals surface area contributed by atoms with Gasteiger partial charge in [-0.1, -0.05) is 12.1 Å². The van der Waals surface area contributed by atoms with E-state index in [-0.39, 0.29) is 5.91 Å². The number of carbonyl (C=O) groups is 1. The van der Waals surface area contributed by atoms with E-state index < -0.39 is 5.54 Å². The number of nitrogens with two attached hydrogens (primary N) is 1. The zero-order valence-electron chi connectivity index (χ0n) is 15.4. The highest BCUT2D eigenvalue weighted by Crippen LogP contribution is 2.47. The third-order valence-electron chi connectivity index (χ3n) is 6.35. The average Bonchev–Trinajstić information content (AvgIpc) is 3.04. The Kier molecular flexibility index (Phi) is 4.04. The summed E-state index contributed by atoms with van der Waals surface area (Å²) in [6, 6.07) is 9.10. The monoisotopic (exact) mass is 343 g/mol. The molecule has 136 valence electrons. The number of rotatable bonds is 3. The van der Waals surface area contributed by atoms with Crippen molar-refractivity contribution >= 4 is 5.91 Å². The molecule has 4 aliphatic heterocycles. The van der Waals surface area contributed by atoms with Gasteiger partial charge in [-0.25, -0.2) is 0 Å². The van der Waals surface area contributed by atoms with Crippen LogP contribution in [0.25, 0.3) is 0 Å². The number of nitrogens with zero attached hydrogens (tertiary/aromatic N) is 2. The molecule has 2 N–H and O–H groups in total. The predicted octanol–water partition coefficient (Wildman–Crippen LogP) is 1.82. The summed E-state index contributed by atoms with van der Waals surface area (Å²) in [5.41, 5.74) is 6.66. The minimum Gasteiger partial charge on any atom is -0.497 e. The minimum atomic E-state index is -0.814. The molecular weight excluding hydrogens is 314 g/mol. The van der Waals surface area contributed by atoms with E-state index in [9.17, 15) is 4.79 Å². The second kappa shape index (κ2) is 5.99. The zero-order valence-corrected chi connectivity index (χ0v) is 15.4. The predicted molar refractivity (Wildman–Crippen MR) is 97.6 cm³/mol. The minimum absolute atomic E-state index is 0.0901. The summed E-state index contributed by atoms with van der Waals surface area (Å²) in [5.74, 6) is 1.93. The molecule has 1 aromatic rings. The van der Waals surface area contributed by atoms with Crippen LogP contribution in [0.3, 0.4) is 0 Å². The third-order valence-corrected chi connectivity index (χ3v) is 6.35. The fourth-order valence-corrected chi connectivity index (χ4v) is 5.17. The molecule has 4 fully saturated rings. The number of hydrogen-bond donors (Lipinski definition) is 1. The fraction of sp³-hybridized carbons (Fsp3) is 0.650. The number of hydrogen-bond acceptors (Lipinski definition) is 4. The number of fused-ring (bicyclic) bond motifs is 2. The van der Waals surface area contributed by atoms with E-state index in [0.29, 0.717) is 23.9 Å². The summed E-state index contributed by atoms with van der Waals surface area (Å²) < 4.78 is 5.30. The second-order valence-corrected chi connectivity index (χ2v) is 8.41. The summed E-state index contributed by atoms with van der Waals surface area (Å²) in [4.78, 5) is 17.8. The van der Waals surface area contributed by atoms with E-state index >= 15 is 0 Å². The number of carbonyl (C=O) groups excluding carboxylic acids is 1. The third kappa shape index (κ3) is 2.74. The summed E-state index contributed by atoms with van der Waals surface area (Å²) in [6.07, 6.45) is 2.40. The van der Waals surface area contributed by atoms with Gasteiger partial charge in [-0.15, -0.1) is 0 Å². The second-order valence-electron chi connectivity index (χ2n) is 8.41. The highest BCUT2D eigenvalue weighted by molar-refractivity contribution is 5.86. The van der Waals surface area contributed by atoms with E-state index in [1.165, 1.54) is 18.4 Å². The maximum Gasteiger partial charge on any atom is 0.242 e. The smallest absolute Gasteiger partial charge is 0.242 e. The lowest BCUT2D eigenvalue weighted by Crippen LogP contribution is -2.63. The Balaban J connectivity index is 1.69. The standard InChI is InChI=1S/C20H29N3O2/c1-20(2,21)19(24)23-12-16(13-4-6-15(25-3)7-5-13)18-17(23)14-8-10-22(18)11-9-14/h4-7,14,16-18H,8-12,21H2,1-3H3. The van der Waals surface area contributed by atoms with Gasteiger partial charge in [-0.2, -0.15) is 0 Å². The molecule has 1 aromatic carbocycles. The highest BCUT2D eigenvalue weighted by Gasteiger charge is 2.55. The number of piperidine rings is 3. The van der Waals surface area contributed by atoms with Crippen LogP contribution in [0.5, 0.6) is 5.75 Å². The highest BCUT2D eigenvalue weighted by atomic mass is 16.5. The van der Waals surface area contributed by atoms with Gasteiger partial charge in [0.25, 0.3) is 0 Å². The Morgan fingerprint density at radius 2 is 1.80 bits per heavy atom. The average molecular weight is 343 g/mol. The van der Waals surface area contributed by atoms with Crippen molar-refractivity contribution in [3.05, 3.63) is 29.8 Å². The van der Waals surface area contributed by atoms with Gasteiger partial charge < -0.3 is 15.4 Å². The van der Waals surface area contributed by atoms with Crippen LogP contribution in [-0.4, -0.2) is 60.1 Å². The molecule has 25 heavy (non-hydrogen) atoms. The molecular formula is C20H29N3O2. The summed E-state index contributed by atoms with van der Waals surface area (Å²) in [5, 5.41) is 0. The molecule has 0 aromatic heterocycles. The molecule has 0 aliphatic carbocycles. The number of methoxy groups -OCH3 is 1. The normalized spacial score (nSPS) is 34.1. The topological polar surface area (TPSA) is 58.8 Å². The number of amides is 1. The van der Waals surface area contributed by atoms with E-state index in [4.69, 9.17) is 10.5 Å². The Hall–Kier alpha value is -1.59. The van der Waals surface area contributed by atoms with Crippen molar-refractivity contribution in [2.24, 2.45) is 11.7 Å². The first-order valence-electron chi connectivity index (χ1n) is 9.38. The van der Waals surface area contributed by atoms with E-state index in [0.717, 1.165) is 25.4 Å². The van der Waals surface area contributed by atoms with E-state index in [1.54, 1.807) is 7.11 Å². The molecule has 4 heterocycles. The molecule has 5 heteroatoms. The van der Waals surface area contributed by atoms with Gasteiger partial charge in [-0.05, 0) is 63.4 Å². The summed E-state index contributed by atoms with van der Waals surface area (Å²) in [7, 11) is 1.69. The maximum absolute atomic E-state index is 13.0. The van der Waals surface area contributed by atoms with Gasteiger partial charge in [0.05, 0.1) is 18.7 Å². The van der Waals surface area contributed by atoms with Crippen molar-refractivity contribution < 1.29 is 9.53 Å². The molecule has 1 amide bonds. The largest absolute Gasteiger partial charge is 0.497 e. The Morgan fingerprint density at radius 3 is 2.36 bits per heavy atom. The van der Waals surface area contributed by atoms with Crippen LogP contribution in [0, 0.1) is 5.92 Å². The van der Waals surface area contributed by atoms with Crippen LogP contribution >= 0.6 is 0 Å². The molecule has 3 atom stereocenters. The van der Waals surface area contributed by atoms with Crippen molar-refractivity contribution in [3.63, 3.8) is 0 Å². The summed E-state index contributed by atoms with van der Waals surface area (Å²) in [6.45, 7) is 6.74. The van der Waals surface area contributed by atoms with Crippen molar-refractivity contribution in [2.75, 3.05) is 26.7 Å². The van der Waals surface area contributed by atoms with Gasteiger partial charge >= 0.3 is 0 Å². The Morgan fingerprint density at radius 1 is 1.16 bits per heavy atom. The first-order valence-corrected chi connectivity index (χ1v) is 9.38. The molecule has 0 radical (unpaired) electrons. The number of ether oxygens (including phenoxy) is 1. The van der Waals surface area contributed by atoms with Crippen LogP contribution in [0.2, 0.25) is 0 Å². The lowest BCUT2D eigenvalue weighted by molar-refractivity contribution is -0.140. The molecule has 0 saturated carbocycles. The Labute approximate surface area is 150 Å². The maximum atomic E-state index is 13.0. The molecule has 5 nitrogen and oxygen atoms in total. The number of likely N-dealkylation sites (tertiary alicyclic amines) is 1. The Bertz CT molecular complexity index is 644. The van der Waals surface area contributed by atoms with Gasteiger partial charge in [0, 0.05) is 18.5 Å². The van der Waals surface area contributed by atoms with Gasteiger partial charge in [-0.3, -0.25) is 9.69 Å². The van der Waals surface area contributed by atoms with E-state index in [1.807, 2.05) is 26.0 Å². The van der Waals surface area contributed by atoms with Crippen molar-refractivity contribution in [1.82, 2.24) is 9.80 Å². The van der Waals surface area contributed by atoms with Crippen LogP contribution in [-0.2, 0) is 4.79 Å². The lowest BCUT2D eigenvalue weighted by Gasteiger charge is -2.51.